The molecule has 1 aliphatic heterocycles. The van der Waals surface area contributed by atoms with Crippen molar-refractivity contribution in [1.29, 1.82) is 0 Å². The SMILES string of the molecule is Cc1cc2nc([C@@H]3CO[C@H](CCc4c(F)cncc4N(C(=O)CCc4ccncc4F)c4ccc(F)cc4)CN3)[nH]c2cc1C. The average Bonchev–Trinajstić information content (AvgIpc) is 3.44. The molecule has 45 heavy (non-hydrogen) atoms. The highest BCUT2D eigenvalue weighted by Crippen LogP contribution is 2.33. The number of benzene rings is 2. The van der Waals surface area contributed by atoms with Crippen molar-refractivity contribution in [3.8, 4) is 0 Å². The van der Waals surface area contributed by atoms with Crippen molar-refractivity contribution in [1.82, 2.24) is 25.3 Å². The number of ether oxygens (including phenoxy) is 1. The molecule has 4 heterocycles. The van der Waals surface area contributed by atoms with E-state index in [2.05, 4.69) is 46.2 Å². The number of carbonyl (C=O) groups excluding carboxylic acids is 1. The number of pyridine rings is 2. The number of fused-ring (bicyclic) bond motifs is 1. The van der Waals surface area contributed by atoms with Crippen LogP contribution in [0.3, 0.4) is 0 Å². The molecule has 0 aliphatic carbocycles. The number of rotatable bonds is 9. The fraction of sp³-hybridized carbons (Fsp3) is 0.294. The van der Waals surface area contributed by atoms with Crippen LogP contribution in [-0.2, 0) is 22.4 Å². The van der Waals surface area contributed by atoms with Crippen LogP contribution in [0.5, 0.6) is 0 Å². The highest BCUT2D eigenvalue weighted by Gasteiger charge is 2.27. The Morgan fingerprint density at radius 2 is 1.76 bits per heavy atom. The number of morpholine rings is 1. The van der Waals surface area contributed by atoms with Gasteiger partial charge >= 0.3 is 0 Å². The highest BCUT2D eigenvalue weighted by molar-refractivity contribution is 6.01. The normalized spacial score (nSPS) is 16.6. The maximum Gasteiger partial charge on any atom is 0.231 e. The van der Waals surface area contributed by atoms with Crippen molar-refractivity contribution < 1.29 is 22.7 Å². The molecule has 2 aromatic carbocycles. The van der Waals surface area contributed by atoms with E-state index >= 15 is 4.39 Å². The van der Waals surface area contributed by atoms with Gasteiger partial charge in [-0.05, 0) is 92.3 Å². The zero-order valence-corrected chi connectivity index (χ0v) is 25.0. The van der Waals surface area contributed by atoms with Gasteiger partial charge in [-0.15, -0.1) is 0 Å². The van der Waals surface area contributed by atoms with Gasteiger partial charge in [-0.25, -0.2) is 18.2 Å². The fourth-order valence-corrected chi connectivity index (χ4v) is 5.60. The van der Waals surface area contributed by atoms with Gasteiger partial charge < -0.3 is 15.0 Å². The molecule has 8 nitrogen and oxygen atoms in total. The van der Waals surface area contributed by atoms with Gasteiger partial charge in [0, 0.05) is 30.4 Å². The number of nitrogens with one attached hydrogen (secondary N) is 2. The molecule has 1 fully saturated rings. The second-order valence-electron chi connectivity index (χ2n) is 11.3. The first-order valence-corrected chi connectivity index (χ1v) is 14.9. The minimum absolute atomic E-state index is 0.0771. The van der Waals surface area contributed by atoms with Gasteiger partial charge in [-0.2, -0.15) is 0 Å². The maximum absolute atomic E-state index is 15.4. The van der Waals surface area contributed by atoms with Crippen molar-refractivity contribution in [3.05, 3.63) is 113 Å². The number of aryl methyl sites for hydroxylation is 3. The fourth-order valence-electron chi connectivity index (χ4n) is 5.60. The molecule has 0 unspecified atom stereocenters. The Morgan fingerprint density at radius 1 is 0.978 bits per heavy atom. The van der Waals surface area contributed by atoms with E-state index in [0.717, 1.165) is 29.3 Å². The third kappa shape index (κ3) is 6.74. The first-order chi connectivity index (χ1) is 21.8. The molecule has 1 saturated heterocycles. The molecule has 232 valence electrons. The summed E-state index contributed by atoms with van der Waals surface area (Å²) in [6, 6.07) is 10.9. The Morgan fingerprint density at radius 3 is 2.51 bits per heavy atom. The zero-order chi connectivity index (χ0) is 31.5. The predicted molar refractivity (Wildman–Crippen MR) is 165 cm³/mol. The van der Waals surface area contributed by atoms with Crippen LogP contribution in [0.25, 0.3) is 11.0 Å². The summed E-state index contributed by atoms with van der Waals surface area (Å²) in [5.41, 5.74) is 5.47. The molecule has 1 aliphatic rings. The highest BCUT2D eigenvalue weighted by atomic mass is 19.1. The third-order valence-electron chi connectivity index (χ3n) is 8.27. The van der Waals surface area contributed by atoms with Gasteiger partial charge in [0.25, 0.3) is 0 Å². The molecule has 2 atom stereocenters. The van der Waals surface area contributed by atoms with E-state index in [0.29, 0.717) is 30.8 Å². The summed E-state index contributed by atoms with van der Waals surface area (Å²) in [6.07, 6.45) is 5.64. The monoisotopic (exact) mass is 614 g/mol. The molecule has 2 N–H and O–H groups in total. The molecule has 11 heteroatoms. The van der Waals surface area contributed by atoms with Gasteiger partial charge in [0.05, 0.1) is 54.1 Å². The lowest BCUT2D eigenvalue weighted by Gasteiger charge is -2.30. The zero-order valence-electron chi connectivity index (χ0n) is 25.0. The quantitative estimate of drug-likeness (QED) is 0.201. The lowest BCUT2D eigenvalue weighted by Crippen LogP contribution is -2.41. The standard InChI is InChI=1S/C34H33F3N6O2/c1-20-13-29-30(14-21(20)2)42-34(41-29)31-19-45-25(15-40-31)8-9-26-28(37)17-39-18-32(26)43(24-6-4-23(35)5-7-24)33(44)10-3-22-11-12-38-16-27(22)36/h4-7,11-14,16-18,25,31,40H,3,8-10,15,19H2,1-2H3,(H,41,42)/t25-,31+/m1/s1. The Labute approximate surface area is 258 Å². The first-order valence-electron chi connectivity index (χ1n) is 14.9. The average molecular weight is 615 g/mol. The van der Waals surface area contributed by atoms with E-state index in [4.69, 9.17) is 9.72 Å². The van der Waals surface area contributed by atoms with Crippen LogP contribution in [0.4, 0.5) is 24.5 Å². The van der Waals surface area contributed by atoms with Crippen LogP contribution < -0.4 is 10.2 Å². The second kappa shape index (κ2) is 13.2. The second-order valence-corrected chi connectivity index (χ2v) is 11.3. The van der Waals surface area contributed by atoms with Gasteiger partial charge in [0.2, 0.25) is 5.91 Å². The third-order valence-corrected chi connectivity index (χ3v) is 8.27. The summed E-state index contributed by atoms with van der Waals surface area (Å²) in [6.45, 7) is 5.04. The summed E-state index contributed by atoms with van der Waals surface area (Å²) in [5.74, 6) is -1.17. The lowest BCUT2D eigenvalue weighted by atomic mass is 10.0. The minimum atomic E-state index is -0.568. The number of imidazole rings is 1. The van der Waals surface area contributed by atoms with Crippen molar-refractivity contribution in [2.75, 3.05) is 18.1 Å². The van der Waals surface area contributed by atoms with E-state index < -0.39 is 23.4 Å². The first kappa shape index (κ1) is 30.4. The number of hydrogen-bond acceptors (Lipinski definition) is 6. The number of nitrogens with zero attached hydrogens (tertiary/aromatic N) is 4. The molecule has 1 amide bonds. The molecular weight excluding hydrogens is 581 g/mol. The van der Waals surface area contributed by atoms with Gasteiger partial charge in [-0.1, -0.05) is 0 Å². The molecule has 3 aromatic heterocycles. The van der Waals surface area contributed by atoms with Crippen LogP contribution >= 0.6 is 0 Å². The van der Waals surface area contributed by atoms with E-state index in [1.54, 1.807) is 0 Å². The summed E-state index contributed by atoms with van der Waals surface area (Å²) in [7, 11) is 0. The molecule has 0 saturated carbocycles. The topological polar surface area (TPSA) is 96.0 Å². The van der Waals surface area contributed by atoms with Crippen molar-refractivity contribution >= 4 is 28.3 Å². The maximum atomic E-state index is 15.4. The number of aromatic nitrogens is 4. The number of aromatic amines is 1. The summed E-state index contributed by atoms with van der Waals surface area (Å²) in [4.78, 5) is 30.9. The molecule has 0 radical (unpaired) electrons. The van der Waals surface area contributed by atoms with Crippen molar-refractivity contribution in [2.45, 2.75) is 51.7 Å². The molecule has 0 bridgehead atoms. The molecule has 5 aromatic rings. The Hall–Kier alpha value is -4.61. The van der Waals surface area contributed by atoms with Crippen LogP contribution in [0, 0.1) is 31.3 Å². The number of carbonyl (C=O) groups is 1. The molecule has 6 rings (SSSR count). The largest absolute Gasteiger partial charge is 0.375 e. The van der Waals surface area contributed by atoms with E-state index in [9.17, 15) is 13.6 Å². The summed E-state index contributed by atoms with van der Waals surface area (Å²) in [5, 5.41) is 3.49. The van der Waals surface area contributed by atoms with Crippen LogP contribution in [0.15, 0.2) is 67.3 Å². The Balaban J connectivity index is 1.17. The van der Waals surface area contributed by atoms with Crippen LogP contribution in [-0.4, -0.2) is 45.1 Å². The van der Waals surface area contributed by atoms with Crippen LogP contribution in [0.2, 0.25) is 0 Å². The van der Waals surface area contributed by atoms with E-state index in [-0.39, 0.29) is 42.7 Å². The lowest BCUT2D eigenvalue weighted by molar-refractivity contribution is -0.117. The number of amides is 1. The van der Waals surface area contributed by atoms with Crippen molar-refractivity contribution in [3.63, 3.8) is 0 Å². The molecular formula is C34H33F3N6O2. The van der Waals surface area contributed by atoms with Crippen LogP contribution in [0.1, 0.15) is 47.0 Å². The predicted octanol–water partition coefficient (Wildman–Crippen LogP) is 6.35. The van der Waals surface area contributed by atoms with Crippen molar-refractivity contribution in [2.24, 2.45) is 0 Å². The van der Waals surface area contributed by atoms with E-state index in [1.807, 2.05) is 0 Å². The number of H-pyrrole nitrogens is 1. The summed E-state index contributed by atoms with van der Waals surface area (Å²) >= 11 is 0. The smallest absolute Gasteiger partial charge is 0.231 e. The number of anilines is 2. The van der Waals surface area contributed by atoms with Gasteiger partial charge in [-0.3, -0.25) is 19.7 Å². The Kier molecular flexibility index (Phi) is 8.90. The van der Waals surface area contributed by atoms with Gasteiger partial charge in [0.15, 0.2) is 0 Å². The molecule has 0 spiro atoms. The van der Waals surface area contributed by atoms with Gasteiger partial charge in [0.1, 0.15) is 23.3 Å². The number of hydrogen-bond donors (Lipinski definition) is 2. The van der Waals surface area contributed by atoms with E-state index in [1.165, 1.54) is 58.8 Å². The Bertz CT molecular complexity index is 1780. The minimum Gasteiger partial charge on any atom is -0.375 e. The number of halogens is 3. The summed E-state index contributed by atoms with van der Waals surface area (Å²) < 4.78 is 49.6.